The molecule has 0 fully saturated rings. The minimum atomic E-state index is 0.748. The molecule has 4 heteroatoms. The summed E-state index contributed by atoms with van der Waals surface area (Å²) >= 11 is 0. The van der Waals surface area contributed by atoms with E-state index in [-0.39, 0.29) is 0 Å². The molecule has 0 bridgehead atoms. The number of rotatable bonds is 4. The van der Waals surface area contributed by atoms with E-state index in [2.05, 4.69) is 71.9 Å². The van der Waals surface area contributed by atoms with Gasteiger partial charge in [0.25, 0.3) is 0 Å². The van der Waals surface area contributed by atoms with Gasteiger partial charge in [0.15, 0.2) is 5.70 Å². The first-order valence-electron chi connectivity index (χ1n) is 9.54. The molecule has 0 saturated carbocycles. The molecule has 136 valence electrons. The lowest BCUT2D eigenvalue weighted by molar-refractivity contribution is -0.524. The Balaban J connectivity index is 2.07. The fourth-order valence-corrected chi connectivity index (χ4v) is 3.69. The summed E-state index contributed by atoms with van der Waals surface area (Å²) < 4.78 is 2.31. The Morgan fingerprint density at radius 2 is 1.70 bits per heavy atom. The summed E-state index contributed by atoms with van der Waals surface area (Å²) in [5, 5.41) is 0. The lowest BCUT2D eigenvalue weighted by atomic mass is 10.1. The number of anilines is 2. The van der Waals surface area contributed by atoms with Crippen molar-refractivity contribution in [1.29, 1.82) is 0 Å². The number of nitrogens with zero attached hydrogens (tertiary/aromatic N) is 3. The van der Waals surface area contributed by atoms with Crippen LogP contribution in [0.25, 0.3) is 27.8 Å². The van der Waals surface area contributed by atoms with Crippen molar-refractivity contribution in [2.45, 2.75) is 20.3 Å². The smallest absolute Gasteiger partial charge is 0.239 e. The van der Waals surface area contributed by atoms with Crippen molar-refractivity contribution in [2.24, 2.45) is 0 Å². The van der Waals surface area contributed by atoms with Crippen molar-refractivity contribution in [3.63, 3.8) is 0 Å². The molecular formula is C23H25N4+. The van der Waals surface area contributed by atoms with E-state index in [0.717, 1.165) is 47.3 Å². The first kappa shape index (κ1) is 17.3. The molecule has 1 heterocycles. The third kappa shape index (κ3) is 3.19. The standard InChI is InChI=1S/C23H24N4/c1-3-26(4-2)19-12-14-21-23(16-19)27(18-9-7-5-6-8-10-18)22-15-17(24)11-13-20(22)25-21/h5-9,11-16,24H,3-4,10H2,1-2H3/p+1. The Morgan fingerprint density at radius 1 is 0.963 bits per heavy atom. The SMILES string of the molecule is CCN(CC)c1ccc2nc3ccc(N)cc3[n+](C3=CC=CC=CC3)c2c1. The van der Waals surface area contributed by atoms with E-state index >= 15 is 0 Å². The van der Waals surface area contributed by atoms with Crippen LogP contribution in [0.3, 0.4) is 0 Å². The van der Waals surface area contributed by atoms with Gasteiger partial charge < -0.3 is 10.6 Å². The minimum Gasteiger partial charge on any atom is -0.399 e. The third-order valence-electron chi connectivity index (χ3n) is 5.07. The quantitative estimate of drug-likeness (QED) is 0.426. The molecule has 2 aromatic carbocycles. The Bertz CT molecular complexity index is 1090. The summed E-state index contributed by atoms with van der Waals surface area (Å²) in [7, 11) is 0. The lowest BCUT2D eigenvalue weighted by Crippen LogP contribution is -2.35. The molecular weight excluding hydrogens is 332 g/mol. The average Bonchev–Trinajstić information content (AvgIpc) is 2.96. The topological polar surface area (TPSA) is 46.0 Å². The molecule has 4 rings (SSSR count). The second kappa shape index (κ2) is 7.23. The Hall–Kier alpha value is -3.14. The second-order valence-electron chi connectivity index (χ2n) is 6.72. The van der Waals surface area contributed by atoms with Crippen LogP contribution in [0.1, 0.15) is 20.3 Å². The number of benzene rings is 2. The van der Waals surface area contributed by atoms with E-state index < -0.39 is 0 Å². The van der Waals surface area contributed by atoms with Crippen molar-refractivity contribution < 1.29 is 4.57 Å². The summed E-state index contributed by atoms with van der Waals surface area (Å²) in [5.41, 5.74) is 13.4. The summed E-state index contributed by atoms with van der Waals surface area (Å²) in [4.78, 5) is 7.25. The van der Waals surface area contributed by atoms with Gasteiger partial charge in [-0.15, -0.1) is 0 Å². The van der Waals surface area contributed by atoms with Crippen LogP contribution in [0, 0.1) is 0 Å². The fraction of sp³-hybridized carbons (Fsp3) is 0.217. The highest BCUT2D eigenvalue weighted by Gasteiger charge is 2.22. The average molecular weight is 357 g/mol. The van der Waals surface area contributed by atoms with E-state index in [0.29, 0.717) is 0 Å². The summed E-state index contributed by atoms with van der Waals surface area (Å²) in [6, 6.07) is 12.5. The highest BCUT2D eigenvalue weighted by atomic mass is 15.1. The first-order valence-corrected chi connectivity index (χ1v) is 9.54. The fourth-order valence-electron chi connectivity index (χ4n) is 3.69. The van der Waals surface area contributed by atoms with Gasteiger partial charge in [-0.1, -0.05) is 24.3 Å². The number of nitrogen functional groups attached to an aromatic ring is 1. The Kier molecular flexibility index (Phi) is 4.63. The molecule has 0 amide bonds. The van der Waals surface area contributed by atoms with Gasteiger partial charge in [0.1, 0.15) is 11.0 Å². The molecule has 27 heavy (non-hydrogen) atoms. The molecule has 0 saturated heterocycles. The highest BCUT2D eigenvalue weighted by molar-refractivity contribution is 5.86. The van der Waals surface area contributed by atoms with Crippen molar-refractivity contribution in [1.82, 2.24) is 4.98 Å². The zero-order chi connectivity index (χ0) is 18.8. The predicted octanol–water partition coefficient (Wildman–Crippen LogP) is 4.46. The first-order chi connectivity index (χ1) is 13.2. The monoisotopic (exact) mass is 357 g/mol. The van der Waals surface area contributed by atoms with Crippen LogP contribution in [-0.4, -0.2) is 18.1 Å². The third-order valence-corrected chi connectivity index (χ3v) is 5.07. The highest BCUT2D eigenvalue weighted by Crippen LogP contribution is 2.24. The maximum atomic E-state index is 6.12. The maximum Gasteiger partial charge on any atom is 0.239 e. The molecule has 1 aliphatic rings. The lowest BCUT2D eigenvalue weighted by Gasteiger charge is -2.20. The van der Waals surface area contributed by atoms with Crippen LogP contribution < -0.4 is 15.2 Å². The zero-order valence-corrected chi connectivity index (χ0v) is 15.9. The van der Waals surface area contributed by atoms with Gasteiger partial charge in [-0.2, -0.15) is 4.57 Å². The number of hydrogen-bond donors (Lipinski definition) is 1. The predicted molar refractivity (Wildman–Crippen MR) is 115 cm³/mol. The molecule has 0 atom stereocenters. The van der Waals surface area contributed by atoms with Gasteiger partial charge in [-0.3, -0.25) is 0 Å². The van der Waals surface area contributed by atoms with Gasteiger partial charge in [-0.05, 0) is 38.1 Å². The van der Waals surface area contributed by atoms with Crippen molar-refractivity contribution in [3.8, 4) is 0 Å². The normalized spacial score (nSPS) is 13.8. The molecule has 4 nitrogen and oxygen atoms in total. The van der Waals surface area contributed by atoms with Crippen LogP contribution in [-0.2, 0) is 0 Å². The van der Waals surface area contributed by atoms with Crippen molar-refractivity contribution in [3.05, 3.63) is 66.8 Å². The zero-order valence-electron chi connectivity index (χ0n) is 15.9. The van der Waals surface area contributed by atoms with Gasteiger partial charge in [-0.25, -0.2) is 4.98 Å². The van der Waals surface area contributed by atoms with Crippen LogP contribution >= 0.6 is 0 Å². The van der Waals surface area contributed by atoms with Crippen LogP contribution in [0.15, 0.2) is 66.8 Å². The largest absolute Gasteiger partial charge is 0.399 e. The van der Waals surface area contributed by atoms with Crippen LogP contribution in [0.2, 0.25) is 0 Å². The van der Waals surface area contributed by atoms with Crippen molar-refractivity contribution >= 4 is 39.1 Å². The summed E-state index contributed by atoms with van der Waals surface area (Å²) in [5.74, 6) is 0. The molecule has 1 aromatic heterocycles. The van der Waals surface area contributed by atoms with E-state index in [1.807, 2.05) is 18.2 Å². The molecule has 0 spiro atoms. The van der Waals surface area contributed by atoms with Gasteiger partial charge >= 0.3 is 0 Å². The van der Waals surface area contributed by atoms with E-state index in [1.165, 1.54) is 11.4 Å². The number of fused-ring (bicyclic) bond motifs is 2. The molecule has 2 N–H and O–H groups in total. The molecule has 0 radical (unpaired) electrons. The molecule has 3 aromatic rings. The van der Waals surface area contributed by atoms with E-state index in [1.54, 1.807) is 0 Å². The van der Waals surface area contributed by atoms with Crippen LogP contribution in [0.4, 0.5) is 11.4 Å². The number of aromatic nitrogens is 2. The number of nitrogens with two attached hydrogens (primary N) is 1. The van der Waals surface area contributed by atoms with Gasteiger partial charge in [0.2, 0.25) is 11.0 Å². The maximum absolute atomic E-state index is 6.12. The second-order valence-corrected chi connectivity index (χ2v) is 6.72. The summed E-state index contributed by atoms with van der Waals surface area (Å²) in [6.07, 6.45) is 11.5. The number of hydrogen-bond acceptors (Lipinski definition) is 3. The number of allylic oxidation sites excluding steroid dienone is 6. The van der Waals surface area contributed by atoms with E-state index in [9.17, 15) is 0 Å². The van der Waals surface area contributed by atoms with Crippen LogP contribution in [0.5, 0.6) is 0 Å². The van der Waals surface area contributed by atoms with E-state index in [4.69, 9.17) is 10.7 Å². The minimum absolute atomic E-state index is 0.748. The molecule has 0 unspecified atom stereocenters. The summed E-state index contributed by atoms with van der Waals surface area (Å²) in [6.45, 7) is 6.32. The molecule has 0 aliphatic heterocycles. The van der Waals surface area contributed by atoms with Gasteiger partial charge in [0.05, 0.1) is 6.42 Å². The Morgan fingerprint density at radius 3 is 2.48 bits per heavy atom. The Labute approximate surface area is 159 Å². The molecule has 1 aliphatic carbocycles. The van der Waals surface area contributed by atoms with Gasteiger partial charge in [0, 0.05) is 42.7 Å². The van der Waals surface area contributed by atoms with Crippen molar-refractivity contribution in [2.75, 3.05) is 23.7 Å².